The van der Waals surface area contributed by atoms with Gasteiger partial charge in [0.15, 0.2) is 0 Å². The van der Waals surface area contributed by atoms with Crippen LogP contribution >= 0.6 is 0 Å². The number of aliphatic carboxylic acids is 1. The van der Waals surface area contributed by atoms with Gasteiger partial charge in [-0.15, -0.1) is 0 Å². The highest BCUT2D eigenvalue weighted by Gasteiger charge is 2.40. The lowest BCUT2D eigenvalue weighted by Crippen LogP contribution is -2.47. The number of nitrogens with zero attached hydrogens (tertiary/aromatic N) is 2. The first-order chi connectivity index (χ1) is 9.02. The van der Waals surface area contributed by atoms with E-state index in [2.05, 4.69) is 30.8 Å². The Labute approximate surface area is 116 Å². The van der Waals surface area contributed by atoms with Crippen molar-refractivity contribution in [2.75, 3.05) is 27.2 Å². The quantitative estimate of drug-likeness (QED) is 0.846. The molecule has 110 valence electrons. The smallest absolute Gasteiger partial charge is 0.308 e. The van der Waals surface area contributed by atoms with Crippen LogP contribution in [-0.2, 0) is 4.79 Å². The highest BCUT2D eigenvalue weighted by Crippen LogP contribution is 2.36. The Bertz CT molecular complexity index is 319. The molecule has 1 saturated carbocycles. The highest BCUT2D eigenvalue weighted by atomic mass is 16.4. The molecule has 4 heteroatoms. The second-order valence-electron chi connectivity index (χ2n) is 6.50. The van der Waals surface area contributed by atoms with Gasteiger partial charge in [-0.05, 0) is 45.7 Å². The Kier molecular flexibility index (Phi) is 4.85. The van der Waals surface area contributed by atoms with Crippen LogP contribution < -0.4 is 0 Å². The van der Waals surface area contributed by atoms with E-state index in [1.165, 1.54) is 12.8 Å². The van der Waals surface area contributed by atoms with Crippen molar-refractivity contribution in [3.8, 4) is 0 Å². The molecule has 0 bridgehead atoms. The van der Waals surface area contributed by atoms with Gasteiger partial charge < -0.3 is 10.0 Å². The molecule has 4 unspecified atom stereocenters. The van der Waals surface area contributed by atoms with E-state index >= 15 is 0 Å². The van der Waals surface area contributed by atoms with Crippen LogP contribution in [0.4, 0.5) is 0 Å². The van der Waals surface area contributed by atoms with E-state index in [-0.39, 0.29) is 12.0 Å². The molecule has 4 nitrogen and oxygen atoms in total. The summed E-state index contributed by atoms with van der Waals surface area (Å²) in [7, 11) is 4.25. The standard InChI is InChI=1S/C15H28N2O2/c1-4-11-5-6-13(15(18)19)14(9-11)17-8-7-12(10-17)16(2)3/h11-14H,4-10H2,1-3H3,(H,18,19). The number of hydrogen-bond acceptors (Lipinski definition) is 3. The second kappa shape index (κ2) is 6.23. The summed E-state index contributed by atoms with van der Waals surface area (Å²) in [5, 5.41) is 9.47. The molecule has 0 amide bonds. The van der Waals surface area contributed by atoms with Crippen LogP contribution in [0.15, 0.2) is 0 Å². The maximum Gasteiger partial charge on any atom is 0.308 e. The normalized spacial score (nSPS) is 36.8. The molecule has 1 N–H and O–H groups in total. The van der Waals surface area contributed by atoms with Crippen molar-refractivity contribution in [3.05, 3.63) is 0 Å². The van der Waals surface area contributed by atoms with Gasteiger partial charge in [-0.2, -0.15) is 0 Å². The van der Waals surface area contributed by atoms with Gasteiger partial charge in [0.1, 0.15) is 0 Å². The van der Waals surface area contributed by atoms with E-state index in [1.807, 2.05) is 0 Å². The van der Waals surface area contributed by atoms with Crippen LogP contribution in [0, 0.1) is 11.8 Å². The molecule has 2 fully saturated rings. The molecule has 2 rings (SSSR count). The molecule has 1 aliphatic heterocycles. The summed E-state index contributed by atoms with van der Waals surface area (Å²) < 4.78 is 0. The zero-order valence-electron chi connectivity index (χ0n) is 12.5. The number of rotatable bonds is 4. The highest BCUT2D eigenvalue weighted by molar-refractivity contribution is 5.71. The van der Waals surface area contributed by atoms with E-state index in [0.29, 0.717) is 6.04 Å². The lowest BCUT2D eigenvalue weighted by Gasteiger charge is -2.39. The van der Waals surface area contributed by atoms with Gasteiger partial charge >= 0.3 is 5.97 Å². The Morgan fingerprint density at radius 3 is 2.58 bits per heavy atom. The van der Waals surface area contributed by atoms with Crippen molar-refractivity contribution in [2.45, 2.75) is 51.1 Å². The SMILES string of the molecule is CCC1CCC(C(=O)O)C(N2CCC(N(C)C)C2)C1. The monoisotopic (exact) mass is 268 g/mol. The Morgan fingerprint density at radius 1 is 1.32 bits per heavy atom. The number of hydrogen-bond donors (Lipinski definition) is 1. The van der Waals surface area contributed by atoms with E-state index in [4.69, 9.17) is 0 Å². The number of likely N-dealkylation sites (tertiary alicyclic amines) is 1. The van der Waals surface area contributed by atoms with Crippen molar-refractivity contribution < 1.29 is 9.90 Å². The van der Waals surface area contributed by atoms with E-state index in [9.17, 15) is 9.90 Å². The van der Waals surface area contributed by atoms with Gasteiger partial charge in [-0.3, -0.25) is 9.69 Å². The van der Waals surface area contributed by atoms with Crippen LogP contribution in [0.1, 0.15) is 39.0 Å². The average Bonchev–Trinajstić information content (AvgIpc) is 2.87. The maximum atomic E-state index is 11.5. The zero-order valence-corrected chi connectivity index (χ0v) is 12.5. The van der Waals surface area contributed by atoms with E-state index < -0.39 is 5.97 Å². The molecule has 2 aliphatic rings. The van der Waals surface area contributed by atoms with Crippen LogP contribution in [0.2, 0.25) is 0 Å². The summed E-state index contributed by atoms with van der Waals surface area (Å²) in [4.78, 5) is 16.2. The van der Waals surface area contributed by atoms with Gasteiger partial charge in [0.25, 0.3) is 0 Å². The van der Waals surface area contributed by atoms with Gasteiger partial charge in [-0.25, -0.2) is 0 Å². The largest absolute Gasteiger partial charge is 0.481 e. The van der Waals surface area contributed by atoms with Gasteiger partial charge in [0, 0.05) is 25.2 Å². The predicted octanol–water partition coefficient (Wildman–Crippen LogP) is 1.90. The topological polar surface area (TPSA) is 43.8 Å². The van der Waals surface area contributed by atoms with Gasteiger partial charge in [0.05, 0.1) is 5.92 Å². The maximum absolute atomic E-state index is 11.5. The van der Waals surface area contributed by atoms with E-state index in [1.54, 1.807) is 0 Å². The Hall–Kier alpha value is -0.610. The molecule has 19 heavy (non-hydrogen) atoms. The Balaban J connectivity index is 2.03. The first-order valence-electron chi connectivity index (χ1n) is 7.66. The molecule has 0 aromatic rings. The minimum atomic E-state index is -0.590. The zero-order chi connectivity index (χ0) is 14.0. The van der Waals surface area contributed by atoms with Crippen molar-refractivity contribution in [1.82, 2.24) is 9.80 Å². The van der Waals surface area contributed by atoms with Crippen molar-refractivity contribution in [2.24, 2.45) is 11.8 Å². The number of carbonyl (C=O) groups is 1. The van der Waals surface area contributed by atoms with Gasteiger partial charge in [-0.1, -0.05) is 13.3 Å². The summed E-state index contributed by atoms with van der Waals surface area (Å²) >= 11 is 0. The molecule has 4 atom stereocenters. The fraction of sp³-hybridized carbons (Fsp3) is 0.933. The van der Waals surface area contributed by atoms with Crippen molar-refractivity contribution in [1.29, 1.82) is 0 Å². The number of carboxylic acid groups (broad SMARTS) is 1. The summed E-state index contributed by atoms with van der Waals surface area (Å²) in [5.74, 6) is -0.0180. The van der Waals surface area contributed by atoms with Crippen LogP contribution in [-0.4, -0.2) is 60.1 Å². The molecule has 0 radical (unpaired) electrons. The predicted molar refractivity (Wildman–Crippen MR) is 76.2 cm³/mol. The third kappa shape index (κ3) is 3.29. The van der Waals surface area contributed by atoms with Gasteiger partial charge in [0.2, 0.25) is 0 Å². The third-order valence-corrected chi connectivity index (χ3v) is 5.21. The van der Waals surface area contributed by atoms with Crippen molar-refractivity contribution >= 4 is 5.97 Å². The average molecular weight is 268 g/mol. The molecular weight excluding hydrogens is 240 g/mol. The molecule has 0 aromatic heterocycles. The minimum absolute atomic E-state index is 0.149. The first kappa shape index (κ1) is 14.8. The van der Waals surface area contributed by atoms with E-state index in [0.717, 1.165) is 38.3 Å². The molecule has 0 aromatic carbocycles. The summed E-state index contributed by atoms with van der Waals surface area (Å²) in [6, 6.07) is 0.859. The summed E-state index contributed by atoms with van der Waals surface area (Å²) in [5.41, 5.74) is 0. The molecule has 1 aliphatic carbocycles. The number of carboxylic acids is 1. The second-order valence-corrected chi connectivity index (χ2v) is 6.50. The first-order valence-corrected chi connectivity index (χ1v) is 7.66. The van der Waals surface area contributed by atoms with Crippen LogP contribution in [0.25, 0.3) is 0 Å². The fourth-order valence-corrected chi connectivity index (χ4v) is 3.78. The lowest BCUT2D eigenvalue weighted by atomic mass is 9.76. The lowest BCUT2D eigenvalue weighted by molar-refractivity contribution is -0.146. The fourth-order valence-electron chi connectivity index (χ4n) is 3.78. The summed E-state index contributed by atoms with van der Waals surface area (Å²) in [6.45, 7) is 4.33. The van der Waals surface area contributed by atoms with Crippen LogP contribution in [0.5, 0.6) is 0 Å². The minimum Gasteiger partial charge on any atom is -0.481 e. The summed E-state index contributed by atoms with van der Waals surface area (Å²) in [6.07, 6.45) is 5.39. The van der Waals surface area contributed by atoms with Crippen molar-refractivity contribution in [3.63, 3.8) is 0 Å². The van der Waals surface area contributed by atoms with Crippen LogP contribution in [0.3, 0.4) is 0 Å². The Morgan fingerprint density at radius 2 is 2.05 bits per heavy atom. The number of likely N-dealkylation sites (N-methyl/N-ethyl adjacent to an activating group) is 1. The third-order valence-electron chi connectivity index (χ3n) is 5.21. The molecule has 0 spiro atoms. The molecule has 1 saturated heterocycles. The molecule has 1 heterocycles. The molecular formula is C15H28N2O2.